The van der Waals surface area contributed by atoms with Crippen LogP contribution < -0.4 is 0 Å². The third kappa shape index (κ3) is 4.44. The molecule has 6 nitrogen and oxygen atoms in total. The number of likely N-dealkylation sites (tertiary alicyclic amines) is 1. The van der Waals surface area contributed by atoms with Gasteiger partial charge in [0.15, 0.2) is 5.69 Å². The Kier molecular flexibility index (Phi) is 5.29. The van der Waals surface area contributed by atoms with Crippen LogP contribution in [0.1, 0.15) is 69.4 Å². The molecular weight excluding hydrogens is 447 g/mol. The number of aromatic nitrogens is 2. The molecule has 3 fully saturated rings. The molecular formula is C25H28F3N3O3. The van der Waals surface area contributed by atoms with Crippen LogP contribution in [-0.4, -0.2) is 39.8 Å². The Bertz CT molecular complexity index is 1110. The van der Waals surface area contributed by atoms with E-state index in [9.17, 15) is 18.0 Å². The summed E-state index contributed by atoms with van der Waals surface area (Å²) in [6.45, 7) is 6.92. The summed E-state index contributed by atoms with van der Waals surface area (Å²) in [5, 5.41) is 4.03. The Morgan fingerprint density at radius 2 is 1.94 bits per heavy atom. The van der Waals surface area contributed by atoms with Gasteiger partial charge in [0.05, 0.1) is 0 Å². The van der Waals surface area contributed by atoms with E-state index in [1.807, 2.05) is 32.9 Å². The predicted molar refractivity (Wildman–Crippen MR) is 119 cm³/mol. The van der Waals surface area contributed by atoms with Crippen LogP contribution >= 0.6 is 0 Å². The molecule has 0 radical (unpaired) electrons. The zero-order valence-electron chi connectivity index (χ0n) is 19.5. The Labute approximate surface area is 196 Å². The Hall–Kier alpha value is -2.84. The van der Waals surface area contributed by atoms with Crippen molar-refractivity contribution in [2.75, 3.05) is 13.1 Å². The summed E-state index contributed by atoms with van der Waals surface area (Å²) >= 11 is 0. The summed E-state index contributed by atoms with van der Waals surface area (Å²) in [6.07, 6.45) is 3.95. The first-order valence-electron chi connectivity index (χ1n) is 11.6. The monoisotopic (exact) mass is 475 g/mol. The smallest absolute Gasteiger partial charge is 0.434 e. The second-order valence-electron chi connectivity index (χ2n) is 10.8. The van der Waals surface area contributed by atoms with E-state index < -0.39 is 17.5 Å². The predicted octanol–water partition coefficient (Wildman–Crippen LogP) is 6.29. The average Bonchev–Trinajstić information content (AvgIpc) is 3.43. The Balaban J connectivity index is 1.29. The van der Waals surface area contributed by atoms with Gasteiger partial charge in [0, 0.05) is 41.7 Å². The number of amides is 1. The molecule has 2 saturated carbocycles. The average molecular weight is 476 g/mol. The van der Waals surface area contributed by atoms with Gasteiger partial charge < -0.3 is 14.2 Å². The van der Waals surface area contributed by atoms with E-state index in [4.69, 9.17) is 9.26 Å². The first-order chi connectivity index (χ1) is 15.9. The van der Waals surface area contributed by atoms with E-state index in [0.29, 0.717) is 30.3 Å². The number of ether oxygens (including phenoxy) is 1. The molecule has 2 aromatic heterocycles. The number of hydrogen-bond donors (Lipinski definition) is 0. The lowest BCUT2D eigenvalue weighted by molar-refractivity contribution is -0.140. The molecule has 5 rings (SSSR count). The van der Waals surface area contributed by atoms with Gasteiger partial charge in [-0.25, -0.2) is 4.79 Å². The number of rotatable bonds is 4. The molecule has 2 aliphatic carbocycles. The summed E-state index contributed by atoms with van der Waals surface area (Å²) < 4.78 is 51.6. The van der Waals surface area contributed by atoms with Crippen LogP contribution in [-0.2, 0) is 10.9 Å². The summed E-state index contributed by atoms with van der Waals surface area (Å²) in [4.78, 5) is 17.5. The number of pyridine rings is 1. The zero-order valence-corrected chi connectivity index (χ0v) is 19.5. The van der Waals surface area contributed by atoms with Crippen molar-refractivity contribution in [3.8, 4) is 11.3 Å². The molecule has 0 aromatic carbocycles. The fraction of sp³-hybridized carbons (Fsp3) is 0.560. The maximum atomic E-state index is 13.6. The first-order valence-corrected chi connectivity index (χ1v) is 11.6. The first kappa shape index (κ1) is 22.9. The van der Waals surface area contributed by atoms with Crippen LogP contribution in [0.15, 0.2) is 28.9 Å². The number of nitrogens with zero attached hydrogens (tertiary/aromatic N) is 3. The Morgan fingerprint density at radius 3 is 2.56 bits per heavy atom. The van der Waals surface area contributed by atoms with Gasteiger partial charge in [-0.3, -0.25) is 4.98 Å². The van der Waals surface area contributed by atoms with Crippen molar-refractivity contribution in [1.82, 2.24) is 15.0 Å². The minimum absolute atomic E-state index is 0.0672. The van der Waals surface area contributed by atoms with Crippen LogP contribution in [0.4, 0.5) is 18.0 Å². The number of carbonyl (C=O) groups is 1. The summed E-state index contributed by atoms with van der Waals surface area (Å²) in [5.74, 6) is 1.15. The van der Waals surface area contributed by atoms with E-state index in [0.717, 1.165) is 31.9 Å². The van der Waals surface area contributed by atoms with Crippen molar-refractivity contribution in [3.63, 3.8) is 0 Å². The van der Waals surface area contributed by atoms with E-state index in [-0.39, 0.29) is 28.7 Å². The third-order valence-corrected chi connectivity index (χ3v) is 6.67. The number of halogens is 3. The van der Waals surface area contributed by atoms with Crippen molar-refractivity contribution in [1.29, 1.82) is 0 Å². The molecule has 34 heavy (non-hydrogen) atoms. The molecule has 0 N–H and O–H groups in total. The molecule has 3 heterocycles. The molecule has 1 aliphatic heterocycles. The van der Waals surface area contributed by atoms with E-state index in [1.54, 1.807) is 4.90 Å². The second-order valence-corrected chi connectivity index (χ2v) is 10.8. The van der Waals surface area contributed by atoms with Crippen LogP contribution in [0.5, 0.6) is 0 Å². The van der Waals surface area contributed by atoms with Crippen molar-refractivity contribution >= 4 is 12.2 Å². The summed E-state index contributed by atoms with van der Waals surface area (Å²) in [6, 6.07) is 2.87. The molecule has 0 unspecified atom stereocenters. The molecule has 0 bridgehead atoms. The van der Waals surface area contributed by atoms with Gasteiger partial charge in [-0.15, -0.1) is 0 Å². The summed E-state index contributed by atoms with van der Waals surface area (Å²) in [7, 11) is 0. The van der Waals surface area contributed by atoms with Crippen LogP contribution in [0.25, 0.3) is 17.3 Å². The largest absolute Gasteiger partial charge is 0.444 e. The third-order valence-electron chi connectivity index (χ3n) is 6.67. The van der Waals surface area contributed by atoms with Gasteiger partial charge in [-0.2, -0.15) is 13.2 Å². The highest BCUT2D eigenvalue weighted by Gasteiger charge is 2.53. The van der Waals surface area contributed by atoms with Crippen molar-refractivity contribution in [3.05, 3.63) is 41.4 Å². The lowest BCUT2D eigenvalue weighted by Crippen LogP contribution is -2.64. The molecule has 0 atom stereocenters. The SMILES string of the molecule is CC(C)(C)OC(=O)N1CC2(CC(/C=C/c3c(-c4cccnc4C(F)(F)F)noc3C3CC3)C2)C1. The van der Waals surface area contributed by atoms with Crippen molar-refractivity contribution < 1.29 is 27.2 Å². The van der Waals surface area contributed by atoms with E-state index >= 15 is 0 Å². The van der Waals surface area contributed by atoms with Gasteiger partial charge in [0.2, 0.25) is 0 Å². The number of alkyl halides is 3. The number of carbonyl (C=O) groups excluding carboxylic acids is 1. The normalized spacial score (nSPS) is 20.5. The van der Waals surface area contributed by atoms with Gasteiger partial charge in [0.25, 0.3) is 0 Å². The molecule has 1 amide bonds. The van der Waals surface area contributed by atoms with E-state index in [1.165, 1.54) is 12.1 Å². The van der Waals surface area contributed by atoms with Crippen LogP contribution in [0, 0.1) is 11.3 Å². The van der Waals surface area contributed by atoms with Gasteiger partial charge in [-0.1, -0.05) is 17.3 Å². The van der Waals surface area contributed by atoms with Crippen molar-refractivity contribution in [2.24, 2.45) is 11.3 Å². The molecule has 9 heteroatoms. The number of allylic oxidation sites excluding steroid dienone is 1. The van der Waals surface area contributed by atoms with Gasteiger partial charge in [-0.05, 0) is 64.5 Å². The fourth-order valence-electron chi connectivity index (χ4n) is 5.03. The van der Waals surface area contributed by atoms with Gasteiger partial charge >= 0.3 is 12.3 Å². The molecule has 1 spiro atoms. The Morgan fingerprint density at radius 1 is 1.24 bits per heavy atom. The highest BCUT2D eigenvalue weighted by atomic mass is 19.4. The summed E-state index contributed by atoms with van der Waals surface area (Å²) in [5.41, 5.74) is -0.615. The molecule has 1 saturated heterocycles. The highest BCUT2D eigenvalue weighted by Crippen LogP contribution is 2.53. The maximum absolute atomic E-state index is 13.6. The molecule has 2 aromatic rings. The van der Waals surface area contributed by atoms with Gasteiger partial charge in [0.1, 0.15) is 17.1 Å². The number of hydrogen-bond acceptors (Lipinski definition) is 5. The minimum Gasteiger partial charge on any atom is -0.444 e. The quantitative estimate of drug-likeness (QED) is 0.520. The van der Waals surface area contributed by atoms with Crippen LogP contribution in [0.3, 0.4) is 0 Å². The maximum Gasteiger partial charge on any atom is 0.434 e. The topological polar surface area (TPSA) is 68.5 Å². The van der Waals surface area contributed by atoms with Crippen molar-refractivity contribution in [2.45, 2.75) is 64.1 Å². The fourth-order valence-corrected chi connectivity index (χ4v) is 5.03. The second kappa shape index (κ2) is 7.85. The highest BCUT2D eigenvalue weighted by molar-refractivity contribution is 5.75. The molecule has 3 aliphatic rings. The zero-order chi connectivity index (χ0) is 24.3. The standard InChI is InChI=1S/C25H28F3N3O3/c1-23(2,3)33-22(32)31-13-24(14-31)11-15(12-24)6-9-17-19(30-34-20(17)16-7-8-16)18-5-4-10-29-21(18)25(26,27)28/h4-6,9-10,15-16H,7-8,11-14H2,1-3H3/b9-6+. The van der Waals surface area contributed by atoms with E-state index in [2.05, 4.69) is 10.1 Å². The minimum atomic E-state index is -4.58. The lowest BCUT2D eigenvalue weighted by Gasteiger charge is -2.58. The van der Waals surface area contributed by atoms with Crippen LogP contribution in [0.2, 0.25) is 0 Å². The molecule has 182 valence electrons. The lowest BCUT2D eigenvalue weighted by atomic mass is 9.58.